The van der Waals surface area contributed by atoms with Crippen molar-refractivity contribution in [1.82, 2.24) is 0 Å². The standard InChI is InChI=1S/C11H16O10S2/c12-10(20-8-4-18-22(14,15)6-8)2-1-3-11(13)21-9-5-19-23(16,17)7-9/h8-9H,1-7H2. The first-order valence-electron chi connectivity index (χ1n) is 6.78. The van der Waals surface area contributed by atoms with Crippen molar-refractivity contribution in [3.63, 3.8) is 0 Å². The maximum Gasteiger partial charge on any atom is 0.306 e. The van der Waals surface area contributed by atoms with Gasteiger partial charge in [0, 0.05) is 12.8 Å². The zero-order chi connectivity index (χ0) is 17.1. The molecule has 0 aromatic heterocycles. The molecule has 2 aliphatic heterocycles. The minimum atomic E-state index is -3.61. The number of carbonyl (C=O) groups is 2. The summed E-state index contributed by atoms with van der Waals surface area (Å²) in [6, 6.07) is 0. The Balaban J connectivity index is 1.61. The third-order valence-corrected chi connectivity index (χ3v) is 5.56. The van der Waals surface area contributed by atoms with E-state index in [1.165, 1.54) is 0 Å². The van der Waals surface area contributed by atoms with E-state index >= 15 is 0 Å². The summed E-state index contributed by atoms with van der Waals surface area (Å²) in [5.74, 6) is -2.04. The van der Waals surface area contributed by atoms with E-state index in [0.717, 1.165) is 0 Å². The molecule has 2 saturated heterocycles. The molecule has 0 aromatic carbocycles. The van der Waals surface area contributed by atoms with Crippen LogP contribution in [0.1, 0.15) is 19.3 Å². The van der Waals surface area contributed by atoms with Crippen LogP contribution in [0.3, 0.4) is 0 Å². The molecule has 0 amide bonds. The van der Waals surface area contributed by atoms with Gasteiger partial charge in [0.25, 0.3) is 20.2 Å². The maximum absolute atomic E-state index is 11.5. The van der Waals surface area contributed by atoms with Gasteiger partial charge in [-0.3, -0.25) is 18.0 Å². The summed E-state index contributed by atoms with van der Waals surface area (Å²) in [5, 5.41) is 0. The van der Waals surface area contributed by atoms with E-state index in [0.29, 0.717) is 0 Å². The van der Waals surface area contributed by atoms with Crippen LogP contribution in [-0.4, -0.2) is 65.7 Å². The van der Waals surface area contributed by atoms with Crippen LogP contribution in [0.15, 0.2) is 0 Å². The normalized spacial score (nSPS) is 28.3. The van der Waals surface area contributed by atoms with Crippen molar-refractivity contribution in [2.45, 2.75) is 31.5 Å². The lowest BCUT2D eigenvalue weighted by atomic mass is 10.2. The van der Waals surface area contributed by atoms with E-state index in [2.05, 4.69) is 8.37 Å². The van der Waals surface area contributed by atoms with E-state index in [4.69, 9.17) is 9.47 Å². The number of esters is 2. The Kier molecular flexibility index (Phi) is 5.60. The second-order valence-corrected chi connectivity index (χ2v) is 8.46. The third-order valence-electron chi connectivity index (χ3n) is 3.01. The summed E-state index contributed by atoms with van der Waals surface area (Å²) in [5.41, 5.74) is 0. The van der Waals surface area contributed by atoms with E-state index in [9.17, 15) is 26.4 Å². The van der Waals surface area contributed by atoms with E-state index in [-0.39, 0.29) is 44.0 Å². The van der Waals surface area contributed by atoms with Crippen molar-refractivity contribution in [1.29, 1.82) is 0 Å². The Labute approximate surface area is 133 Å². The number of hydrogen-bond donors (Lipinski definition) is 0. The van der Waals surface area contributed by atoms with Crippen LogP contribution in [0.5, 0.6) is 0 Å². The molecule has 2 aliphatic rings. The van der Waals surface area contributed by atoms with Gasteiger partial charge in [0.2, 0.25) is 0 Å². The molecule has 0 N–H and O–H groups in total. The van der Waals surface area contributed by atoms with Gasteiger partial charge in [-0.25, -0.2) is 0 Å². The first kappa shape index (κ1) is 18.1. The molecule has 0 spiro atoms. The monoisotopic (exact) mass is 372 g/mol. The molecule has 2 heterocycles. The third kappa shape index (κ3) is 6.05. The van der Waals surface area contributed by atoms with Crippen molar-refractivity contribution in [2.24, 2.45) is 0 Å². The molecule has 12 heteroatoms. The van der Waals surface area contributed by atoms with Crippen molar-refractivity contribution in [2.75, 3.05) is 24.7 Å². The Bertz CT molecular complexity index is 607. The quantitative estimate of drug-likeness (QED) is 0.408. The van der Waals surface area contributed by atoms with Gasteiger partial charge < -0.3 is 9.47 Å². The Hall–Kier alpha value is -1.24. The lowest BCUT2D eigenvalue weighted by Crippen LogP contribution is -2.23. The zero-order valence-electron chi connectivity index (χ0n) is 12.0. The molecular formula is C11H16O10S2. The van der Waals surface area contributed by atoms with Gasteiger partial charge in [0.15, 0.2) is 0 Å². The predicted molar refractivity (Wildman–Crippen MR) is 73.1 cm³/mol. The molecule has 0 bridgehead atoms. The van der Waals surface area contributed by atoms with Crippen LogP contribution in [0, 0.1) is 0 Å². The van der Waals surface area contributed by atoms with Gasteiger partial charge in [-0.05, 0) is 6.42 Å². The summed E-state index contributed by atoms with van der Waals surface area (Å²) in [6.45, 7) is -0.404. The molecule has 132 valence electrons. The van der Waals surface area contributed by atoms with Gasteiger partial charge in [0.1, 0.15) is 36.9 Å². The SMILES string of the molecule is O=C(CCCC(=O)OC1COS(=O)(=O)C1)OC1COS(=O)(=O)C1. The van der Waals surface area contributed by atoms with Crippen LogP contribution in [-0.2, 0) is 47.7 Å². The number of hydrogen-bond acceptors (Lipinski definition) is 10. The fraction of sp³-hybridized carbons (Fsp3) is 0.818. The Morgan fingerprint density at radius 2 is 1.22 bits per heavy atom. The van der Waals surface area contributed by atoms with Gasteiger partial charge >= 0.3 is 11.9 Å². The number of rotatable bonds is 6. The first-order valence-corrected chi connectivity index (χ1v) is 9.94. The van der Waals surface area contributed by atoms with Crippen molar-refractivity contribution in [3.05, 3.63) is 0 Å². The average Bonchev–Trinajstić information content (AvgIpc) is 2.91. The Morgan fingerprint density at radius 1 is 0.826 bits per heavy atom. The van der Waals surface area contributed by atoms with E-state index in [1.807, 2.05) is 0 Å². The molecule has 0 radical (unpaired) electrons. The largest absolute Gasteiger partial charge is 0.459 e. The van der Waals surface area contributed by atoms with Crippen molar-refractivity contribution < 1.29 is 44.3 Å². The summed E-state index contributed by atoms with van der Waals surface area (Å²) < 4.78 is 62.7. The highest BCUT2D eigenvalue weighted by atomic mass is 32.2. The minimum absolute atomic E-state index is 0.0921. The van der Waals surface area contributed by atoms with E-state index < -0.39 is 44.4 Å². The Morgan fingerprint density at radius 3 is 1.52 bits per heavy atom. The maximum atomic E-state index is 11.5. The van der Waals surface area contributed by atoms with Crippen LogP contribution in [0.4, 0.5) is 0 Å². The van der Waals surface area contributed by atoms with Gasteiger partial charge in [-0.1, -0.05) is 0 Å². The molecule has 2 fully saturated rings. The van der Waals surface area contributed by atoms with Crippen LogP contribution < -0.4 is 0 Å². The first-order chi connectivity index (χ1) is 10.7. The summed E-state index contributed by atoms with van der Waals surface area (Å²) in [6.07, 6.45) is -1.71. The topological polar surface area (TPSA) is 139 Å². The highest BCUT2D eigenvalue weighted by Gasteiger charge is 2.33. The van der Waals surface area contributed by atoms with Gasteiger partial charge in [0.05, 0.1) is 0 Å². The predicted octanol–water partition coefficient (Wildman–Crippen LogP) is -1.30. The minimum Gasteiger partial charge on any atom is -0.459 e. The molecule has 0 aromatic rings. The molecular weight excluding hydrogens is 356 g/mol. The molecule has 23 heavy (non-hydrogen) atoms. The molecule has 2 rings (SSSR count). The van der Waals surface area contributed by atoms with Crippen molar-refractivity contribution >= 4 is 32.2 Å². The van der Waals surface area contributed by atoms with Crippen LogP contribution in [0.2, 0.25) is 0 Å². The highest BCUT2D eigenvalue weighted by molar-refractivity contribution is 7.87. The molecule has 2 unspecified atom stereocenters. The molecule has 2 atom stereocenters. The zero-order valence-corrected chi connectivity index (χ0v) is 13.6. The smallest absolute Gasteiger partial charge is 0.306 e. The second kappa shape index (κ2) is 7.11. The molecule has 0 saturated carbocycles. The van der Waals surface area contributed by atoms with Crippen molar-refractivity contribution in [3.8, 4) is 0 Å². The summed E-state index contributed by atoms with van der Waals surface area (Å²) in [4.78, 5) is 23.0. The molecule has 10 nitrogen and oxygen atoms in total. The summed E-state index contributed by atoms with van der Waals surface area (Å²) >= 11 is 0. The fourth-order valence-corrected chi connectivity index (χ4v) is 4.16. The van der Waals surface area contributed by atoms with Gasteiger partial charge in [-0.15, -0.1) is 0 Å². The molecule has 0 aliphatic carbocycles. The second-order valence-electron chi connectivity index (χ2n) is 5.10. The fourth-order valence-electron chi connectivity index (χ4n) is 2.01. The summed E-state index contributed by atoms with van der Waals surface area (Å²) in [7, 11) is -7.22. The lowest BCUT2D eigenvalue weighted by Gasteiger charge is -2.10. The number of carbonyl (C=O) groups excluding carboxylic acids is 2. The number of ether oxygens (including phenoxy) is 2. The average molecular weight is 372 g/mol. The van der Waals surface area contributed by atoms with Gasteiger partial charge in [-0.2, -0.15) is 16.8 Å². The lowest BCUT2D eigenvalue weighted by molar-refractivity contribution is -0.150. The van der Waals surface area contributed by atoms with E-state index in [1.54, 1.807) is 0 Å². The highest BCUT2D eigenvalue weighted by Crippen LogP contribution is 2.14. The van der Waals surface area contributed by atoms with Crippen LogP contribution in [0.25, 0.3) is 0 Å². The van der Waals surface area contributed by atoms with Crippen LogP contribution >= 0.6 is 0 Å².